The standard InChI is InChI=1S/C19H21N3O2S/c1-13-15(4-3-5-17(13)20)11-22-8-6-16(10-19(22)23)24-9-7-18-14(2)21-12-25-18/h3-6,8,10,12H,7,9,11,20H2,1-2H3. The Morgan fingerprint density at radius 2 is 2.12 bits per heavy atom. The van der Waals surface area contributed by atoms with Gasteiger partial charge in [0.25, 0.3) is 5.56 Å². The second-order valence-electron chi connectivity index (χ2n) is 5.92. The van der Waals surface area contributed by atoms with Crippen molar-refractivity contribution in [1.29, 1.82) is 0 Å². The Morgan fingerprint density at radius 1 is 1.28 bits per heavy atom. The molecule has 0 radical (unpaired) electrons. The van der Waals surface area contributed by atoms with Gasteiger partial charge in [-0.2, -0.15) is 0 Å². The summed E-state index contributed by atoms with van der Waals surface area (Å²) in [6, 6.07) is 9.11. The maximum Gasteiger partial charge on any atom is 0.254 e. The number of benzene rings is 1. The molecule has 0 bridgehead atoms. The first-order valence-corrected chi connectivity index (χ1v) is 8.99. The Balaban J connectivity index is 1.65. The highest BCUT2D eigenvalue weighted by Crippen LogP contribution is 2.17. The van der Waals surface area contributed by atoms with Crippen LogP contribution in [0.4, 0.5) is 5.69 Å². The lowest BCUT2D eigenvalue weighted by Gasteiger charge is -2.11. The molecule has 0 saturated heterocycles. The first-order valence-electron chi connectivity index (χ1n) is 8.11. The van der Waals surface area contributed by atoms with Gasteiger partial charge in [0, 0.05) is 29.2 Å². The van der Waals surface area contributed by atoms with Gasteiger partial charge in [-0.1, -0.05) is 12.1 Å². The SMILES string of the molecule is Cc1ncsc1CCOc1ccn(Cc2cccc(N)c2C)c(=O)c1. The van der Waals surface area contributed by atoms with E-state index in [1.807, 2.05) is 43.6 Å². The minimum Gasteiger partial charge on any atom is -0.493 e. The van der Waals surface area contributed by atoms with Crippen LogP contribution < -0.4 is 16.0 Å². The van der Waals surface area contributed by atoms with E-state index in [9.17, 15) is 4.79 Å². The zero-order valence-corrected chi connectivity index (χ0v) is 15.2. The van der Waals surface area contributed by atoms with Gasteiger partial charge in [0.1, 0.15) is 5.75 Å². The van der Waals surface area contributed by atoms with Crippen LogP contribution in [-0.2, 0) is 13.0 Å². The molecule has 5 nitrogen and oxygen atoms in total. The maximum atomic E-state index is 12.3. The van der Waals surface area contributed by atoms with Crippen LogP contribution in [-0.4, -0.2) is 16.2 Å². The lowest BCUT2D eigenvalue weighted by molar-refractivity contribution is 0.321. The third-order valence-corrected chi connectivity index (χ3v) is 5.23. The summed E-state index contributed by atoms with van der Waals surface area (Å²) in [6.07, 6.45) is 2.56. The summed E-state index contributed by atoms with van der Waals surface area (Å²) in [4.78, 5) is 17.8. The molecule has 2 aromatic heterocycles. The van der Waals surface area contributed by atoms with E-state index in [1.54, 1.807) is 22.1 Å². The van der Waals surface area contributed by atoms with E-state index in [0.29, 0.717) is 18.9 Å². The molecule has 0 amide bonds. The highest BCUT2D eigenvalue weighted by molar-refractivity contribution is 7.09. The van der Waals surface area contributed by atoms with Crippen molar-refractivity contribution in [3.8, 4) is 5.75 Å². The van der Waals surface area contributed by atoms with Crippen molar-refractivity contribution in [2.75, 3.05) is 12.3 Å². The topological polar surface area (TPSA) is 70.1 Å². The number of pyridine rings is 1. The van der Waals surface area contributed by atoms with Crippen molar-refractivity contribution in [1.82, 2.24) is 9.55 Å². The molecule has 2 heterocycles. The molecule has 0 aliphatic heterocycles. The van der Waals surface area contributed by atoms with Crippen molar-refractivity contribution >= 4 is 17.0 Å². The Labute approximate surface area is 150 Å². The summed E-state index contributed by atoms with van der Waals surface area (Å²) in [7, 11) is 0. The Bertz CT molecular complexity index is 930. The molecule has 130 valence electrons. The zero-order valence-electron chi connectivity index (χ0n) is 14.4. The summed E-state index contributed by atoms with van der Waals surface area (Å²) in [5, 5.41) is 0. The number of ether oxygens (including phenoxy) is 1. The average molecular weight is 355 g/mol. The highest BCUT2D eigenvalue weighted by Gasteiger charge is 2.06. The smallest absolute Gasteiger partial charge is 0.254 e. The van der Waals surface area contributed by atoms with E-state index in [-0.39, 0.29) is 5.56 Å². The molecule has 2 N–H and O–H groups in total. The van der Waals surface area contributed by atoms with E-state index in [2.05, 4.69) is 4.98 Å². The monoisotopic (exact) mass is 355 g/mol. The van der Waals surface area contributed by atoms with E-state index in [1.165, 1.54) is 10.9 Å². The number of nitrogen functional groups attached to an aromatic ring is 1. The molecule has 0 aliphatic rings. The van der Waals surface area contributed by atoms with Crippen LogP contribution >= 0.6 is 11.3 Å². The molecule has 0 atom stereocenters. The normalized spacial score (nSPS) is 10.8. The first-order chi connectivity index (χ1) is 12.0. The number of aromatic nitrogens is 2. The van der Waals surface area contributed by atoms with Gasteiger partial charge in [-0.25, -0.2) is 4.98 Å². The van der Waals surface area contributed by atoms with Crippen LogP contribution in [0.15, 0.2) is 46.8 Å². The molecule has 0 fully saturated rings. The van der Waals surface area contributed by atoms with Crippen LogP contribution in [0.1, 0.15) is 21.7 Å². The molecule has 3 rings (SSSR count). The van der Waals surface area contributed by atoms with E-state index in [0.717, 1.165) is 28.9 Å². The second-order valence-corrected chi connectivity index (χ2v) is 6.86. The number of nitrogens with two attached hydrogens (primary N) is 1. The van der Waals surface area contributed by atoms with Gasteiger partial charge in [-0.15, -0.1) is 11.3 Å². The minimum atomic E-state index is -0.0895. The van der Waals surface area contributed by atoms with Crippen molar-refractivity contribution in [3.05, 3.63) is 74.1 Å². The summed E-state index contributed by atoms with van der Waals surface area (Å²) < 4.78 is 7.36. The fourth-order valence-corrected chi connectivity index (χ4v) is 3.36. The highest BCUT2D eigenvalue weighted by atomic mass is 32.1. The summed E-state index contributed by atoms with van der Waals surface area (Å²) in [5.74, 6) is 0.590. The van der Waals surface area contributed by atoms with Crippen LogP contribution in [0.3, 0.4) is 0 Å². The lowest BCUT2D eigenvalue weighted by Crippen LogP contribution is -2.20. The van der Waals surface area contributed by atoms with E-state index in [4.69, 9.17) is 10.5 Å². The van der Waals surface area contributed by atoms with Gasteiger partial charge in [0.05, 0.1) is 24.4 Å². The third-order valence-electron chi connectivity index (χ3n) is 4.24. The van der Waals surface area contributed by atoms with Crippen LogP contribution in [0.5, 0.6) is 5.75 Å². The molecule has 3 aromatic rings. The van der Waals surface area contributed by atoms with Gasteiger partial charge >= 0.3 is 0 Å². The van der Waals surface area contributed by atoms with Crippen molar-refractivity contribution in [2.24, 2.45) is 0 Å². The summed E-state index contributed by atoms with van der Waals surface area (Å²) in [6.45, 7) is 4.98. The molecule has 6 heteroatoms. The number of nitrogens with zero attached hydrogens (tertiary/aromatic N) is 2. The van der Waals surface area contributed by atoms with Gasteiger partial charge in [0.2, 0.25) is 0 Å². The third kappa shape index (κ3) is 4.09. The molecule has 25 heavy (non-hydrogen) atoms. The van der Waals surface area contributed by atoms with E-state index < -0.39 is 0 Å². The first kappa shape index (κ1) is 17.2. The Kier molecular flexibility index (Phi) is 5.19. The van der Waals surface area contributed by atoms with Gasteiger partial charge in [-0.3, -0.25) is 4.79 Å². The number of thiazole rings is 1. The lowest BCUT2D eigenvalue weighted by atomic mass is 10.1. The van der Waals surface area contributed by atoms with Gasteiger partial charge in [0.15, 0.2) is 0 Å². The zero-order chi connectivity index (χ0) is 17.8. The molecule has 0 aliphatic carbocycles. The minimum absolute atomic E-state index is 0.0895. The number of rotatable bonds is 6. The number of hydrogen-bond donors (Lipinski definition) is 1. The Morgan fingerprint density at radius 3 is 2.84 bits per heavy atom. The summed E-state index contributed by atoms with van der Waals surface area (Å²) >= 11 is 1.63. The Hall–Kier alpha value is -2.60. The molecule has 0 spiro atoms. The van der Waals surface area contributed by atoms with Gasteiger partial charge < -0.3 is 15.0 Å². The number of hydrogen-bond acceptors (Lipinski definition) is 5. The van der Waals surface area contributed by atoms with Crippen molar-refractivity contribution < 1.29 is 4.74 Å². The van der Waals surface area contributed by atoms with Crippen LogP contribution in [0, 0.1) is 13.8 Å². The fourth-order valence-electron chi connectivity index (χ4n) is 2.60. The average Bonchev–Trinajstić information content (AvgIpc) is 2.99. The van der Waals surface area contributed by atoms with Crippen LogP contribution in [0.2, 0.25) is 0 Å². The van der Waals surface area contributed by atoms with Gasteiger partial charge in [-0.05, 0) is 37.1 Å². The van der Waals surface area contributed by atoms with E-state index >= 15 is 0 Å². The van der Waals surface area contributed by atoms with Crippen molar-refractivity contribution in [3.63, 3.8) is 0 Å². The van der Waals surface area contributed by atoms with Crippen LogP contribution in [0.25, 0.3) is 0 Å². The fraction of sp³-hybridized carbons (Fsp3) is 0.263. The second kappa shape index (κ2) is 7.53. The molecular weight excluding hydrogens is 334 g/mol. The predicted molar refractivity (Wildman–Crippen MR) is 101 cm³/mol. The molecule has 1 aromatic carbocycles. The number of anilines is 1. The summed E-state index contributed by atoms with van der Waals surface area (Å²) in [5.41, 5.74) is 11.5. The molecule has 0 unspecified atom stereocenters. The molecular formula is C19H21N3O2S. The number of aryl methyl sites for hydroxylation is 1. The predicted octanol–water partition coefficient (Wildman–Crippen LogP) is 3.17. The molecule has 0 saturated carbocycles. The maximum absolute atomic E-state index is 12.3. The quantitative estimate of drug-likeness (QED) is 0.690. The van der Waals surface area contributed by atoms with Crippen molar-refractivity contribution in [2.45, 2.75) is 26.8 Å². The largest absolute Gasteiger partial charge is 0.493 e.